The summed E-state index contributed by atoms with van der Waals surface area (Å²) in [6.45, 7) is 1.54. The predicted octanol–water partition coefficient (Wildman–Crippen LogP) is 2.33. The highest BCUT2D eigenvalue weighted by atomic mass is 16.5. The Morgan fingerprint density at radius 1 is 0.875 bits per heavy atom. The number of rotatable bonds is 10. The molecule has 2 rings (SSSR count). The van der Waals surface area contributed by atoms with Crippen LogP contribution in [0.25, 0.3) is 0 Å². The van der Waals surface area contributed by atoms with E-state index in [-0.39, 0.29) is 13.0 Å². The number of carbonyl (C=O) groups excluding carboxylic acids is 4. The molecule has 0 aliphatic carbocycles. The normalized spacial score (nSPS) is 12.4. The molecule has 168 valence electrons. The van der Waals surface area contributed by atoms with Crippen molar-refractivity contribution in [3.05, 3.63) is 83.9 Å². The van der Waals surface area contributed by atoms with Crippen LogP contribution in [0.2, 0.25) is 0 Å². The lowest BCUT2D eigenvalue weighted by Gasteiger charge is -2.20. The Balaban J connectivity index is 2.02. The standard InChI is InChI=1S/C24H26N2O6/c1-17(21(27)13-14-22(28)31-2)25-23(29)20(15-18-9-5-3-6-10-18)26-24(30)32-16-19-11-7-4-8-12-19/h3-14,17,20H,15-16H2,1-2H3,(H,25,29)(H,26,30)/b14-13-/t17-,20-/m0/s1. The second kappa shape index (κ2) is 12.7. The van der Waals surface area contributed by atoms with Crippen LogP contribution in [0.5, 0.6) is 0 Å². The summed E-state index contributed by atoms with van der Waals surface area (Å²) in [6, 6.07) is 16.4. The molecule has 0 spiro atoms. The average Bonchev–Trinajstić information content (AvgIpc) is 2.81. The molecule has 0 saturated carbocycles. The van der Waals surface area contributed by atoms with Crippen LogP contribution in [-0.2, 0) is 36.9 Å². The van der Waals surface area contributed by atoms with E-state index >= 15 is 0 Å². The summed E-state index contributed by atoms with van der Waals surface area (Å²) in [4.78, 5) is 48.4. The van der Waals surface area contributed by atoms with Gasteiger partial charge in [0, 0.05) is 12.5 Å². The van der Waals surface area contributed by atoms with Crippen molar-refractivity contribution >= 4 is 23.8 Å². The molecule has 0 bridgehead atoms. The quantitative estimate of drug-likeness (QED) is 0.435. The minimum Gasteiger partial charge on any atom is -0.466 e. The van der Waals surface area contributed by atoms with E-state index in [9.17, 15) is 19.2 Å². The highest BCUT2D eigenvalue weighted by Gasteiger charge is 2.25. The number of esters is 1. The molecule has 0 aliphatic heterocycles. The molecule has 2 aromatic carbocycles. The summed E-state index contributed by atoms with van der Waals surface area (Å²) in [7, 11) is 1.19. The fourth-order valence-corrected chi connectivity index (χ4v) is 2.71. The van der Waals surface area contributed by atoms with Gasteiger partial charge in [-0.1, -0.05) is 60.7 Å². The van der Waals surface area contributed by atoms with Crippen LogP contribution in [0.15, 0.2) is 72.8 Å². The Morgan fingerprint density at radius 3 is 2.06 bits per heavy atom. The van der Waals surface area contributed by atoms with Crippen molar-refractivity contribution in [3.63, 3.8) is 0 Å². The molecule has 0 unspecified atom stereocenters. The molecular formula is C24H26N2O6. The number of methoxy groups -OCH3 is 1. The van der Waals surface area contributed by atoms with Crippen molar-refractivity contribution in [3.8, 4) is 0 Å². The van der Waals surface area contributed by atoms with Gasteiger partial charge in [0.15, 0.2) is 5.78 Å². The topological polar surface area (TPSA) is 111 Å². The summed E-state index contributed by atoms with van der Waals surface area (Å²) in [5.41, 5.74) is 1.63. The SMILES string of the molecule is COC(=O)/C=C\C(=O)[C@H](C)NC(=O)[C@H](Cc1ccccc1)NC(=O)OCc1ccccc1. The summed E-state index contributed by atoms with van der Waals surface area (Å²) in [5, 5.41) is 5.12. The van der Waals surface area contributed by atoms with Gasteiger partial charge < -0.3 is 20.1 Å². The van der Waals surface area contributed by atoms with E-state index in [1.165, 1.54) is 14.0 Å². The Kier molecular flexibility index (Phi) is 9.65. The Bertz CT molecular complexity index is 943. The highest BCUT2D eigenvalue weighted by molar-refractivity contribution is 6.01. The molecular weight excluding hydrogens is 412 g/mol. The van der Waals surface area contributed by atoms with E-state index in [0.29, 0.717) is 0 Å². The fraction of sp³-hybridized carbons (Fsp3) is 0.250. The molecule has 0 fully saturated rings. The van der Waals surface area contributed by atoms with E-state index in [2.05, 4.69) is 15.4 Å². The molecule has 0 radical (unpaired) electrons. The van der Waals surface area contributed by atoms with Crippen LogP contribution < -0.4 is 10.6 Å². The van der Waals surface area contributed by atoms with Crippen LogP contribution in [0.1, 0.15) is 18.1 Å². The molecule has 0 aliphatic rings. The van der Waals surface area contributed by atoms with Crippen LogP contribution in [0.3, 0.4) is 0 Å². The van der Waals surface area contributed by atoms with Crippen LogP contribution in [-0.4, -0.2) is 42.9 Å². The van der Waals surface area contributed by atoms with Crippen LogP contribution >= 0.6 is 0 Å². The molecule has 32 heavy (non-hydrogen) atoms. The Morgan fingerprint density at radius 2 is 1.47 bits per heavy atom. The number of amides is 2. The van der Waals surface area contributed by atoms with Gasteiger partial charge in [-0.05, 0) is 24.1 Å². The van der Waals surface area contributed by atoms with Crippen molar-refractivity contribution in [2.75, 3.05) is 7.11 Å². The summed E-state index contributed by atoms with van der Waals surface area (Å²) in [5.74, 6) is -1.73. The molecule has 2 atom stereocenters. The third kappa shape index (κ3) is 8.43. The second-order valence-corrected chi connectivity index (χ2v) is 6.94. The minimum atomic E-state index is -0.972. The molecule has 0 heterocycles. The van der Waals surface area contributed by atoms with E-state index in [1.54, 1.807) is 0 Å². The molecule has 0 aromatic heterocycles. The van der Waals surface area contributed by atoms with Gasteiger partial charge in [0.1, 0.15) is 12.6 Å². The first-order valence-corrected chi connectivity index (χ1v) is 10.0. The number of hydrogen-bond donors (Lipinski definition) is 2. The number of ketones is 1. The average molecular weight is 438 g/mol. The number of alkyl carbamates (subject to hydrolysis) is 1. The fourth-order valence-electron chi connectivity index (χ4n) is 2.71. The van der Waals surface area contributed by atoms with Gasteiger partial charge in [0.05, 0.1) is 13.2 Å². The molecule has 2 aromatic rings. The van der Waals surface area contributed by atoms with Crippen molar-refractivity contribution in [2.24, 2.45) is 0 Å². The van der Waals surface area contributed by atoms with E-state index < -0.39 is 35.8 Å². The first-order chi connectivity index (χ1) is 15.4. The predicted molar refractivity (Wildman–Crippen MR) is 117 cm³/mol. The van der Waals surface area contributed by atoms with Crippen molar-refractivity contribution in [2.45, 2.75) is 32.0 Å². The monoisotopic (exact) mass is 438 g/mol. The van der Waals surface area contributed by atoms with Crippen LogP contribution in [0, 0.1) is 0 Å². The minimum absolute atomic E-state index is 0.0551. The summed E-state index contributed by atoms with van der Waals surface area (Å²) in [6.07, 6.45) is 1.46. The zero-order chi connectivity index (χ0) is 23.3. The van der Waals surface area contributed by atoms with E-state index in [4.69, 9.17) is 4.74 Å². The third-order valence-corrected chi connectivity index (χ3v) is 4.47. The summed E-state index contributed by atoms with van der Waals surface area (Å²) < 4.78 is 9.65. The zero-order valence-electron chi connectivity index (χ0n) is 17.9. The molecule has 8 heteroatoms. The molecule has 8 nitrogen and oxygen atoms in total. The first-order valence-electron chi connectivity index (χ1n) is 10.0. The molecule has 0 saturated heterocycles. The maximum atomic E-state index is 12.8. The lowest BCUT2D eigenvalue weighted by molar-refractivity contribution is -0.135. The van der Waals surface area contributed by atoms with Gasteiger partial charge in [-0.3, -0.25) is 9.59 Å². The number of ether oxygens (including phenoxy) is 2. The maximum Gasteiger partial charge on any atom is 0.408 e. The van der Waals surface area contributed by atoms with Gasteiger partial charge in [-0.25, -0.2) is 9.59 Å². The highest BCUT2D eigenvalue weighted by Crippen LogP contribution is 2.06. The number of carbonyl (C=O) groups is 4. The Hall–Kier alpha value is -3.94. The van der Waals surface area contributed by atoms with Gasteiger partial charge in [-0.2, -0.15) is 0 Å². The van der Waals surface area contributed by atoms with Gasteiger partial charge in [0.2, 0.25) is 5.91 Å². The summed E-state index contributed by atoms with van der Waals surface area (Å²) >= 11 is 0. The van der Waals surface area contributed by atoms with Crippen molar-refractivity contribution < 1.29 is 28.7 Å². The van der Waals surface area contributed by atoms with E-state index in [0.717, 1.165) is 23.3 Å². The maximum absolute atomic E-state index is 12.8. The first kappa shape index (κ1) is 24.3. The second-order valence-electron chi connectivity index (χ2n) is 6.94. The molecule has 2 N–H and O–H groups in total. The van der Waals surface area contributed by atoms with Gasteiger partial charge in [0.25, 0.3) is 0 Å². The Labute approximate surface area is 186 Å². The van der Waals surface area contributed by atoms with Crippen molar-refractivity contribution in [1.29, 1.82) is 0 Å². The molecule has 2 amide bonds. The van der Waals surface area contributed by atoms with Crippen LogP contribution in [0.4, 0.5) is 4.79 Å². The van der Waals surface area contributed by atoms with Gasteiger partial charge >= 0.3 is 12.1 Å². The lowest BCUT2D eigenvalue weighted by Crippen LogP contribution is -2.51. The van der Waals surface area contributed by atoms with Gasteiger partial charge in [-0.15, -0.1) is 0 Å². The number of hydrogen-bond acceptors (Lipinski definition) is 6. The number of benzene rings is 2. The number of nitrogens with one attached hydrogen (secondary N) is 2. The smallest absolute Gasteiger partial charge is 0.408 e. The van der Waals surface area contributed by atoms with Crippen molar-refractivity contribution in [1.82, 2.24) is 10.6 Å². The lowest BCUT2D eigenvalue weighted by atomic mass is 10.0. The van der Waals surface area contributed by atoms with E-state index in [1.807, 2.05) is 60.7 Å². The largest absolute Gasteiger partial charge is 0.466 e. The zero-order valence-corrected chi connectivity index (χ0v) is 17.9. The third-order valence-electron chi connectivity index (χ3n) is 4.47.